The Morgan fingerprint density at radius 1 is 0.917 bits per heavy atom. The molecule has 3 unspecified atom stereocenters. The summed E-state index contributed by atoms with van der Waals surface area (Å²) < 4.78 is 4.58. The van der Waals surface area contributed by atoms with Crippen molar-refractivity contribution in [1.82, 2.24) is 0 Å². The average molecular weight is 180 g/mol. The molecule has 6 nitrogen and oxygen atoms in total. The maximum absolute atomic E-state index is 9.12. The Bertz CT molecular complexity index is 146. The third-order valence-corrected chi connectivity index (χ3v) is 1.87. The molecule has 0 aromatic carbocycles. The number of hydrogen-bond acceptors (Lipinski definition) is 6. The van der Waals surface area contributed by atoms with Gasteiger partial charge in [0.25, 0.3) is 0 Å². The lowest BCUT2D eigenvalue weighted by Crippen LogP contribution is -2.58. The quantitative estimate of drug-likeness (QED) is 0.290. The highest BCUT2D eigenvalue weighted by atomic mass is 16.6. The number of hydrogen-bond donors (Lipinski definition) is 5. The first-order valence-electron chi connectivity index (χ1n) is 3.56. The van der Waals surface area contributed by atoms with Crippen molar-refractivity contribution in [3.05, 3.63) is 0 Å². The van der Waals surface area contributed by atoms with Crippen molar-refractivity contribution >= 4 is 0 Å². The van der Waals surface area contributed by atoms with Crippen LogP contribution in [0, 0.1) is 0 Å². The van der Waals surface area contributed by atoms with Crippen molar-refractivity contribution in [3.8, 4) is 0 Å². The molecule has 72 valence electrons. The van der Waals surface area contributed by atoms with Crippen molar-refractivity contribution in [2.45, 2.75) is 30.7 Å². The molecule has 1 aliphatic heterocycles. The van der Waals surface area contributed by atoms with E-state index < -0.39 is 37.3 Å². The van der Waals surface area contributed by atoms with Gasteiger partial charge in [-0.2, -0.15) is 0 Å². The molecular formula is C6H12O6. The first-order chi connectivity index (χ1) is 5.57. The van der Waals surface area contributed by atoms with Crippen LogP contribution < -0.4 is 0 Å². The third kappa shape index (κ3) is 1.58. The minimum absolute atomic E-state index is 0.526. The van der Waals surface area contributed by atoms with Gasteiger partial charge in [0.15, 0.2) is 6.29 Å². The van der Waals surface area contributed by atoms with Gasteiger partial charge < -0.3 is 30.3 Å². The molecule has 0 radical (unpaired) electrons. The van der Waals surface area contributed by atoms with E-state index in [0.29, 0.717) is 0 Å². The topological polar surface area (TPSA) is 110 Å². The SMILES string of the molecule is OCC1OC(O)C(O)[C@H](O)[C@H]1O. The molecule has 1 fully saturated rings. The first-order valence-corrected chi connectivity index (χ1v) is 3.56. The minimum Gasteiger partial charge on any atom is -0.394 e. The van der Waals surface area contributed by atoms with Crippen LogP contribution in [-0.2, 0) is 4.74 Å². The predicted molar refractivity (Wildman–Crippen MR) is 36.0 cm³/mol. The van der Waals surface area contributed by atoms with Gasteiger partial charge in [0, 0.05) is 0 Å². The van der Waals surface area contributed by atoms with E-state index >= 15 is 0 Å². The van der Waals surface area contributed by atoms with Crippen molar-refractivity contribution in [2.24, 2.45) is 0 Å². The van der Waals surface area contributed by atoms with E-state index in [4.69, 9.17) is 25.5 Å². The Morgan fingerprint density at radius 2 is 1.50 bits per heavy atom. The molecule has 12 heavy (non-hydrogen) atoms. The number of rotatable bonds is 1. The van der Waals surface area contributed by atoms with Gasteiger partial charge in [0.2, 0.25) is 0 Å². The van der Waals surface area contributed by atoms with Crippen LogP contribution in [0.15, 0.2) is 0 Å². The number of aliphatic hydroxyl groups excluding tert-OH is 5. The zero-order chi connectivity index (χ0) is 9.30. The summed E-state index contributed by atoms with van der Waals surface area (Å²) in [5, 5.41) is 44.7. The molecule has 1 rings (SSSR count). The molecule has 6 heteroatoms. The second-order valence-corrected chi connectivity index (χ2v) is 2.72. The Labute approximate surface area is 68.6 Å². The van der Waals surface area contributed by atoms with Gasteiger partial charge >= 0.3 is 0 Å². The normalized spacial score (nSPS) is 49.2. The van der Waals surface area contributed by atoms with Crippen LogP contribution in [0.2, 0.25) is 0 Å². The maximum Gasteiger partial charge on any atom is 0.184 e. The first kappa shape index (κ1) is 9.85. The second kappa shape index (κ2) is 3.65. The summed E-state index contributed by atoms with van der Waals surface area (Å²) in [7, 11) is 0. The van der Waals surface area contributed by atoms with Gasteiger partial charge in [-0.1, -0.05) is 0 Å². The van der Waals surface area contributed by atoms with E-state index in [0.717, 1.165) is 0 Å². The molecule has 0 aliphatic carbocycles. The number of ether oxygens (including phenoxy) is 1. The fraction of sp³-hybridized carbons (Fsp3) is 1.00. The summed E-state index contributed by atoms with van der Waals surface area (Å²) in [6.45, 7) is -0.526. The minimum atomic E-state index is -1.57. The number of aliphatic hydroxyl groups is 5. The zero-order valence-electron chi connectivity index (χ0n) is 6.24. The largest absolute Gasteiger partial charge is 0.394 e. The van der Waals surface area contributed by atoms with Crippen LogP contribution in [0.4, 0.5) is 0 Å². The van der Waals surface area contributed by atoms with E-state index in [1.807, 2.05) is 0 Å². The van der Waals surface area contributed by atoms with Crippen LogP contribution in [0.5, 0.6) is 0 Å². The van der Waals surface area contributed by atoms with Crippen molar-refractivity contribution in [3.63, 3.8) is 0 Å². The van der Waals surface area contributed by atoms with E-state index in [-0.39, 0.29) is 0 Å². The van der Waals surface area contributed by atoms with Crippen LogP contribution in [-0.4, -0.2) is 62.8 Å². The predicted octanol–water partition coefficient (Wildman–Crippen LogP) is -3.22. The summed E-state index contributed by atoms with van der Waals surface area (Å²) in [5.74, 6) is 0. The monoisotopic (exact) mass is 180 g/mol. The van der Waals surface area contributed by atoms with Crippen molar-refractivity contribution in [1.29, 1.82) is 0 Å². The lowest BCUT2D eigenvalue weighted by Gasteiger charge is -2.37. The smallest absolute Gasteiger partial charge is 0.184 e. The molecular weight excluding hydrogens is 168 g/mol. The van der Waals surface area contributed by atoms with E-state index in [1.54, 1.807) is 0 Å². The summed E-state index contributed by atoms with van der Waals surface area (Å²) >= 11 is 0. The second-order valence-electron chi connectivity index (χ2n) is 2.72. The van der Waals surface area contributed by atoms with E-state index in [1.165, 1.54) is 0 Å². The van der Waals surface area contributed by atoms with Gasteiger partial charge in [-0.25, -0.2) is 0 Å². The molecule has 1 saturated heterocycles. The lowest BCUT2D eigenvalue weighted by atomic mass is 10.00. The molecule has 5 N–H and O–H groups in total. The molecule has 1 aliphatic rings. The molecule has 0 amide bonds. The fourth-order valence-corrected chi connectivity index (χ4v) is 1.08. The third-order valence-electron chi connectivity index (χ3n) is 1.87. The zero-order valence-corrected chi connectivity index (χ0v) is 6.24. The molecule has 0 bridgehead atoms. The van der Waals surface area contributed by atoms with Crippen LogP contribution in [0.1, 0.15) is 0 Å². The molecule has 0 saturated carbocycles. The molecule has 0 aromatic rings. The van der Waals surface area contributed by atoms with E-state index in [9.17, 15) is 0 Å². The highest BCUT2D eigenvalue weighted by Crippen LogP contribution is 2.18. The highest BCUT2D eigenvalue weighted by Gasteiger charge is 2.42. The Kier molecular flexibility index (Phi) is 2.99. The van der Waals surface area contributed by atoms with Crippen molar-refractivity contribution in [2.75, 3.05) is 6.61 Å². The van der Waals surface area contributed by atoms with Gasteiger partial charge in [-0.15, -0.1) is 0 Å². The summed E-state index contributed by atoms with van der Waals surface area (Å²) in [6, 6.07) is 0. The van der Waals surface area contributed by atoms with Crippen LogP contribution >= 0.6 is 0 Å². The molecule has 0 aromatic heterocycles. The van der Waals surface area contributed by atoms with Gasteiger partial charge in [0.05, 0.1) is 6.61 Å². The summed E-state index contributed by atoms with van der Waals surface area (Å²) in [6.07, 6.45) is -7.04. The molecule has 1 heterocycles. The van der Waals surface area contributed by atoms with Crippen LogP contribution in [0.3, 0.4) is 0 Å². The Morgan fingerprint density at radius 3 is 2.00 bits per heavy atom. The highest BCUT2D eigenvalue weighted by molar-refractivity contribution is 4.87. The van der Waals surface area contributed by atoms with Gasteiger partial charge in [-0.05, 0) is 0 Å². The van der Waals surface area contributed by atoms with E-state index in [2.05, 4.69) is 4.74 Å². The van der Waals surface area contributed by atoms with Crippen molar-refractivity contribution < 1.29 is 30.3 Å². The Hall–Kier alpha value is -0.240. The molecule has 5 atom stereocenters. The standard InChI is InChI=1S/C6H12O6/c7-1-2-3(8)4(9)5(10)6(11)12-2/h2-11H,1H2/t2?,3-,4+,5?,6?/m0/s1. The van der Waals surface area contributed by atoms with Gasteiger partial charge in [0.1, 0.15) is 24.4 Å². The average Bonchev–Trinajstić information content (AvgIpc) is 2.08. The molecule has 0 spiro atoms. The van der Waals surface area contributed by atoms with Crippen LogP contribution in [0.25, 0.3) is 0 Å². The maximum atomic E-state index is 9.12. The fourth-order valence-electron chi connectivity index (χ4n) is 1.08. The summed E-state index contributed by atoms with van der Waals surface area (Å²) in [4.78, 5) is 0. The lowest BCUT2D eigenvalue weighted by molar-refractivity contribution is -0.286. The van der Waals surface area contributed by atoms with Gasteiger partial charge in [-0.3, -0.25) is 0 Å². The summed E-state index contributed by atoms with van der Waals surface area (Å²) in [5.41, 5.74) is 0. The Balaban J connectivity index is 2.63.